The molecule has 98 valence electrons. The Morgan fingerprint density at radius 1 is 1.39 bits per heavy atom. The number of carbonyl (C=O) groups is 1. The van der Waals surface area contributed by atoms with Crippen molar-refractivity contribution in [1.29, 1.82) is 0 Å². The van der Waals surface area contributed by atoms with Crippen molar-refractivity contribution in [3.8, 4) is 0 Å². The molecule has 5 heteroatoms. The molecule has 1 unspecified atom stereocenters. The van der Waals surface area contributed by atoms with Gasteiger partial charge in [-0.05, 0) is 17.7 Å². The third-order valence-corrected chi connectivity index (χ3v) is 3.13. The lowest BCUT2D eigenvalue weighted by Gasteiger charge is -2.32. The fourth-order valence-electron chi connectivity index (χ4n) is 2.10. The molecule has 2 rings (SSSR count). The van der Waals surface area contributed by atoms with Crippen molar-refractivity contribution in [2.24, 2.45) is 11.5 Å². The van der Waals surface area contributed by atoms with Gasteiger partial charge in [-0.1, -0.05) is 12.1 Å². The lowest BCUT2D eigenvalue weighted by atomic mass is 10.1. The first-order valence-electron chi connectivity index (χ1n) is 6.12. The Bertz CT molecular complexity index is 405. The molecule has 1 amide bonds. The van der Waals surface area contributed by atoms with E-state index in [1.54, 1.807) is 12.1 Å². The zero-order valence-electron chi connectivity index (χ0n) is 10.3. The number of amides is 1. The van der Waals surface area contributed by atoms with Crippen LogP contribution in [0.15, 0.2) is 24.3 Å². The molecule has 5 nitrogen and oxygen atoms in total. The lowest BCUT2D eigenvalue weighted by molar-refractivity contribution is -0.0260. The average Bonchev–Trinajstić information content (AvgIpc) is 2.39. The summed E-state index contributed by atoms with van der Waals surface area (Å²) in [6, 6.07) is 7.40. The Morgan fingerprint density at radius 2 is 2.11 bits per heavy atom. The van der Waals surface area contributed by atoms with Crippen LogP contribution in [0.4, 0.5) is 0 Å². The minimum atomic E-state index is -0.392. The first-order valence-corrected chi connectivity index (χ1v) is 6.12. The van der Waals surface area contributed by atoms with Crippen LogP contribution < -0.4 is 11.5 Å². The molecule has 0 saturated carbocycles. The number of carbonyl (C=O) groups excluding carboxylic acids is 1. The molecular weight excluding hydrogens is 230 g/mol. The van der Waals surface area contributed by atoms with Crippen molar-refractivity contribution >= 4 is 5.91 Å². The number of morpholine rings is 1. The Labute approximate surface area is 107 Å². The van der Waals surface area contributed by atoms with E-state index in [2.05, 4.69) is 4.90 Å². The maximum absolute atomic E-state index is 11.0. The summed E-state index contributed by atoms with van der Waals surface area (Å²) in [7, 11) is 0. The lowest BCUT2D eigenvalue weighted by Crippen LogP contribution is -2.45. The molecule has 1 saturated heterocycles. The highest BCUT2D eigenvalue weighted by Crippen LogP contribution is 2.11. The van der Waals surface area contributed by atoms with Crippen LogP contribution in [0.1, 0.15) is 15.9 Å². The molecule has 1 aliphatic heterocycles. The molecule has 1 aliphatic rings. The average molecular weight is 249 g/mol. The van der Waals surface area contributed by atoms with Gasteiger partial charge in [-0.25, -0.2) is 0 Å². The normalized spacial score (nSPS) is 20.8. The quantitative estimate of drug-likeness (QED) is 0.783. The predicted octanol–water partition coefficient (Wildman–Crippen LogP) is -0.0550. The van der Waals surface area contributed by atoms with Gasteiger partial charge in [0.25, 0.3) is 0 Å². The Kier molecular flexibility index (Phi) is 4.30. The maximum atomic E-state index is 11.0. The molecule has 1 fully saturated rings. The largest absolute Gasteiger partial charge is 0.374 e. The van der Waals surface area contributed by atoms with Gasteiger partial charge >= 0.3 is 0 Å². The second kappa shape index (κ2) is 5.95. The maximum Gasteiger partial charge on any atom is 0.248 e. The fraction of sp³-hybridized carbons (Fsp3) is 0.462. The number of benzene rings is 1. The molecule has 0 aliphatic carbocycles. The van der Waals surface area contributed by atoms with Crippen LogP contribution in [-0.4, -0.2) is 43.2 Å². The topological polar surface area (TPSA) is 81.6 Å². The van der Waals surface area contributed by atoms with E-state index in [1.165, 1.54) is 0 Å². The summed E-state index contributed by atoms with van der Waals surface area (Å²) in [6.07, 6.45) is 0.128. The van der Waals surface area contributed by atoms with Gasteiger partial charge in [0.2, 0.25) is 5.91 Å². The van der Waals surface area contributed by atoms with Crippen molar-refractivity contribution in [1.82, 2.24) is 4.90 Å². The van der Waals surface area contributed by atoms with Crippen molar-refractivity contribution in [2.75, 3.05) is 26.2 Å². The molecule has 1 aromatic rings. The van der Waals surface area contributed by atoms with Crippen LogP contribution in [0.25, 0.3) is 0 Å². The Morgan fingerprint density at radius 3 is 2.72 bits per heavy atom. The molecule has 4 N–H and O–H groups in total. The van der Waals surface area contributed by atoms with E-state index < -0.39 is 5.91 Å². The number of ether oxygens (including phenoxy) is 1. The second-order valence-electron chi connectivity index (χ2n) is 4.52. The monoisotopic (exact) mass is 249 g/mol. The first kappa shape index (κ1) is 13.0. The van der Waals surface area contributed by atoms with Crippen molar-refractivity contribution < 1.29 is 9.53 Å². The van der Waals surface area contributed by atoms with Crippen LogP contribution in [0.2, 0.25) is 0 Å². The van der Waals surface area contributed by atoms with Gasteiger partial charge in [-0.3, -0.25) is 9.69 Å². The third kappa shape index (κ3) is 3.29. The highest BCUT2D eigenvalue weighted by molar-refractivity contribution is 5.92. The summed E-state index contributed by atoms with van der Waals surface area (Å²) in [5, 5.41) is 0. The van der Waals surface area contributed by atoms with Crippen molar-refractivity contribution in [2.45, 2.75) is 12.6 Å². The second-order valence-corrected chi connectivity index (χ2v) is 4.52. The van der Waals surface area contributed by atoms with E-state index >= 15 is 0 Å². The molecule has 0 spiro atoms. The van der Waals surface area contributed by atoms with E-state index in [9.17, 15) is 4.79 Å². The van der Waals surface area contributed by atoms with Gasteiger partial charge in [-0.2, -0.15) is 0 Å². The van der Waals surface area contributed by atoms with Crippen LogP contribution in [-0.2, 0) is 11.3 Å². The van der Waals surface area contributed by atoms with Crippen LogP contribution in [0, 0.1) is 0 Å². The summed E-state index contributed by atoms with van der Waals surface area (Å²) < 4.78 is 5.52. The van der Waals surface area contributed by atoms with Crippen LogP contribution in [0.3, 0.4) is 0 Å². The van der Waals surface area contributed by atoms with Gasteiger partial charge < -0.3 is 16.2 Å². The SMILES string of the molecule is NCC1CN(Cc2ccc(C(N)=O)cc2)CCO1. The minimum absolute atomic E-state index is 0.128. The summed E-state index contributed by atoms with van der Waals surface area (Å²) in [5.41, 5.74) is 12.5. The van der Waals surface area contributed by atoms with E-state index in [0.717, 1.165) is 31.8 Å². The first-order chi connectivity index (χ1) is 8.69. The molecule has 0 aromatic heterocycles. The van der Waals surface area contributed by atoms with Gasteiger partial charge in [0.05, 0.1) is 12.7 Å². The van der Waals surface area contributed by atoms with E-state index in [4.69, 9.17) is 16.2 Å². The van der Waals surface area contributed by atoms with Crippen LogP contribution in [0.5, 0.6) is 0 Å². The Hall–Kier alpha value is -1.43. The van der Waals surface area contributed by atoms with Crippen LogP contribution >= 0.6 is 0 Å². The smallest absolute Gasteiger partial charge is 0.248 e. The minimum Gasteiger partial charge on any atom is -0.374 e. The zero-order valence-corrected chi connectivity index (χ0v) is 10.3. The molecular formula is C13H19N3O2. The highest BCUT2D eigenvalue weighted by atomic mass is 16.5. The molecule has 0 bridgehead atoms. The molecule has 1 heterocycles. The summed E-state index contributed by atoms with van der Waals surface area (Å²) in [6.45, 7) is 3.89. The number of primary amides is 1. The Balaban J connectivity index is 1.94. The number of hydrogen-bond acceptors (Lipinski definition) is 4. The number of rotatable bonds is 4. The summed E-state index contributed by atoms with van der Waals surface area (Å²) >= 11 is 0. The third-order valence-electron chi connectivity index (χ3n) is 3.13. The number of nitrogens with zero attached hydrogens (tertiary/aromatic N) is 1. The molecule has 1 aromatic carbocycles. The van der Waals surface area contributed by atoms with Crippen molar-refractivity contribution in [3.05, 3.63) is 35.4 Å². The predicted molar refractivity (Wildman–Crippen MR) is 69.0 cm³/mol. The molecule has 1 atom stereocenters. The molecule has 0 radical (unpaired) electrons. The van der Waals surface area contributed by atoms with Crippen molar-refractivity contribution in [3.63, 3.8) is 0 Å². The summed E-state index contributed by atoms with van der Waals surface area (Å²) in [4.78, 5) is 13.3. The van der Waals surface area contributed by atoms with Gasteiger partial charge in [0, 0.05) is 31.7 Å². The fourth-order valence-corrected chi connectivity index (χ4v) is 2.10. The van der Waals surface area contributed by atoms with E-state index in [0.29, 0.717) is 12.1 Å². The summed E-state index contributed by atoms with van der Waals surface area (Å²) in [5.74, 6) is -0.392. The van der Waals surface area contributed by atoms with E-state index in [-0.39, 0.29) is 6.10 Å². The highest BCUT2D eigenvalue weighted by Gasteiger charge is 2.18. The van der Waals surface area contributed by atoms with E-state index in [1.807, 2.05) is 12.1 Å². The van der Waals surface area contributed by atoms with Gasteiger partial charge in [-0.15, -0.1) is 0 Å². The number of hydrogen-bond donors (Lipinski definition) is 2. The van der Waals surface area contributed by atoms with Gasteiger partial charge in [0.15, 0.2) is 0 Å². The number of nitrogens with two attached hydrogens (primary N) is 2. The zero-order chi connectivity index (χ0) is 13.0. The van der Waals surface area contributed by atoms with Gasteiger partial charge in [0.1, 0.15) is 0 Å². The standard InChI is InChI=1S/C13H19N3O2/c14-7-12-9-16(5-6-18-12)8-10-1-3-11(4-2-10)13(15)17/h1-4,12H,5-9,14H2,(H2,15,17). The molecule has 18 heavy (non-hydrogen) atoms.